The molecule has 0 unspecified atom stereocenters. The van der Waals surface area contributed by atoms with Gasteiger partial charge in [-0.15, -0.1) is 0 Å². The summed E-state index contributed by atoms with van der Waals surface area (Å²) in [5, 5.41) is 3.06. The quantitative estimate of drug-likeness (QED) is 0.615. The summed E-state index contributed by atoms with van der Waals surface area (Å²) in [6.07, 6.45) is 12.8. The van der Waals surface area contributed by atoms with Gasteiger partial charge in [-0.1, -0.05) is 12.1 Å². The highest BCUT2D eigenvalue weighted by atomic mass is 16.5. The third-order valence-electron chi connectivity index (χ3n) is 5.65. The van der Waals surface area contributed by atoms with Crippen molar-refractivity contribution in [3.8, 4) is 0 Å². The molecule has 3 rings (SSSR count). The molecule has 27 heavy (non-hydrogen) atoms. The number of hydrogen-bond donors (Lipinski definition) is 1. The fraction of sp³-hybridized carbons (Fsp3) is 0.571. The van der Waals surface area contributed by atoms with E-state index in [2.05, 4.69) is 21.3 Å². The van der Waals surface area contributed by atoms with Gasteiger partial charge in [-0.3, -0.25) is 19.5 Å². The molecule has 1 aromatic heterocycles. The van der Waals surface area contributed by atoms with Crippen LogP contribution in [0.4, 0.5) is 0 Å². The molecule has 0 aromatic carbocycles. The number of nitrogens with zero attached hydrogens (tertiary/aromatic N) is 2. The number of pyridine rings is 1. The zero-order valence-electron chi connectivity index (χ0n) is 16.0. The van der Waals surface area contributed by atoms with E-state index in [0.29, 0.717) is 6.04 Å². The molecule has 0 spiro atoms. The number of amides is 1. The van der Waals surface area contributed by atoms with Gasteiger partial charge in [0.15, 0.2) is 0 Å². The minimum atomic E-state index is -0.131. The molecule has 6 heteroatoms. The molecule has 1 atom stereocenters. The Balaban J connectivity index is 1.42. The lowest BCUT2D eigenvalue weighted by Gasteiger charge is -2.27. The lowest BCUT2D eigenvalue weighted by molar-refractivity contribution is -0.146. The average Bonchev–Trinajstić information content (AvgIpc) is 3.17. The second-order valence-electron chi connectivity index (χ2n) is 7.42. The van der Waals surface area contributed by atoms with Crippen LogP contribution in [0.15, 0.2) is 36.7 Å². The first-order valence-electron chi connectivity index (χ1n) is 9.86. The smallest absolute Gasteiger partial charge is 0.308 e. The molecule has 0 radical (unpaired) electrons. The monoisotopic (exact) mass is 371 g/mol. The predicted octanol–water partition coefficient (Wildman–Crippen LogP) is 2.62. The maximum atomic E-state index is 12.2. The second-order valence-corrected chi connectivity index (χ2v) is 7.42. The lowest BCUT2D eigenvalue weighted by atomic mass is 9.86. The van der Waals surface area contributed by atoms with Crippen molar-refractivity contribution in [2.24, 2.45) is 5.92 Å². The highest BCUT2D eigenvalue weighted by Gasteiger charge is 2.27. The zero-order chi connectivity index (χ0) is 19.1. The Bertz CT molecular complexity index is 654. The van der Waals surface area contributed by atoms with Gasteiger partial charge in [0.05, 0.1) is 13.0 Å². The molecule has 1 saturated heterocycles. The van der Waals surface area contributed by atoms with Crippen molar-refractivity contribution in [3.63, 3.8) is 0 Å². The Hall–Kier alpha value is -2.21. The van der Waals surface area contributed by atoms with Crippen molar-refractivity contribution < 1.29 is 14.3 Å². The number of aromatic nitrogens is 1. The van der Waals surface area contributed by atoms with Crippen LogP contribution in [0.5, 0.6) is 0 Å². The van der Waals surface area contributed by atoms with Crippen molar-refractivity contribution in [1.82, 2.24) is 15.2 Å². The zero-order valence-corrected chi connectivity index (χ0v) is 16.0. The van der Waals surface area contributed by atoms with Crippen LogP contribution in [0.2, 0.25) is 0 Å². The molecular formula is C21H29N3O3. The number of methoxy groups -OCH3 is 1. The largest absolute Gasteiger partial charge is 0.469 e. The van der Waals surface area contributed by atoms with Crippen LogP contribution in [0.3, 0.4) is 0 Å². The fourth-order valence-electron chi connectivity index (χ4n) is 4.18. The van der Waals surface area contributed by atoms with Crippen molar-refractivity contribution in [3.05, 3.63) is 42.2 Å². The summed E-state index contributed by atoms with van der Waals surface area (Å²) in [5.41, 5.74) is 1.25. The van der Waals surface area contributed by atoms with E-state index in [-0.39, 0.29) is 23.8 Å². The van der Waals surface area contributed by atoms with E-state index in [1.165, 1.54) is 19.1 Å². The van der Waals surface area contributed by atoms with Crippen LogP contribution in [-0.4, -0.2) is 48.0 Å². The molecule has 1 saturated carbocycles. The SMILES string of the molecule is COC(=O)[C@H]1CC[C@H](NC(=O)/C=C/CN2CCC[C@H]2c2cccnc2)CC1. The predicted molar refractivity (Wildman–Crippen MR) is 103 cm³/mol. The van der Waals surface area contributed by atoms with Gasteiger partial charge >= 0.3 is 5.97 Å². The summed E-state index contributed by atoms with van der Waals surface area (Å²) in [7, 11) is 1.43. The molecule has 1 aliphatic carbocycles. The number of nitrogens with one attached hydrogen (secondary N) is 1. The van der Waals surface area contributed by atoms with Gasteiger partial charge in [0, 0.05) is 37.1 Å². The number of likely N-dealkylation sites (tertiary alicyclic amines) is 1. The number of carbonyl (C=O) groups excluding carboxylic acids is 2. The average molecular weight is 371 g/mol. The second kappa shape index (κ2) is 9.65. The third-order valence-corrected chi connectivity index (χ3v) is 5.65. The number of ether oxygens (including phenoxy) is 1. The third kappa shape index (κ3) is 5.39. The minimum absolute atomic E-state index is 0.0155. The van der Waals surface area contributed by atoms with E-state index >= 15 is 0 Å². The first kappa shape index (κ1) is 19.5. The van der Waals surface area contributed by atoms with Gasteiger partial charge in [0.2, 0.25) is 5.91 Å². The van der Waals surface area contributed by atoms with Crippen LogP contribution in [0, 0.1) is 5.92 Å². The molecule has 2 fully saturated rings. The summed E-state index contributed by atoms with van der Waals surface area (Å²) >= 11 is 0. The number of hydrogen-bond acceptors (Lipinski definition) is 5. The Morgan fingerprint density at radius 2 is 2.11 bits per heavy atom. The van der Waals surface area contributed by atoms with Crippen LogP contribution >= 0.6 is 0 Å². The van der Waals surface area contributed by atoms with E-state index in [1.807, 2.05) is 18.3 Å². The molecule has 1 N–H and O–H groups in total. The van der Waals surface area contributed by atoms with E-state index in [1.54, 1.807) is 12.3 Å². The first-order valence-corrected chi connectivity index (χ1v) is 9.86. The van der Waals surface area contributed by atoms with Gasteiger partial charge in [-0.2, -0.15) is 0 Å². The fourth-order valence-corrected chi connectivity index (χ4v) is 4.18. The van der Waals surface area contributed by atoms with Gasteiger partial charge in [-0.05, 0) is 56.7 Å². The van der Waals surface area contributed by atoms with E-state index in [0.717, 1.165) is 45.2 Å². The van der Waals surface area contributed by atoms with Gasteiger partial charge < -0.3 is 10.1 Å². The Morgan fingerprint density at radius 1 is 1.30 bits per heavy atom. The number of rotatable bonds is 6. The lowest BCUT2D eigenvalue weighted by Crippen LogP contribution is -2.38. The van der Waals surface area contributed by atoms with Crippen LogP contribution in [0.1, 0.15) is 50.1 Å². The maximum Gasteiger partial charge on any atom is 0.308 e. The molecule has 6 nitrogen and oxygen atoms in total. The normalized spacial score (nSPS) is 26.2. The number of esters is 1. The van der Waals surface area contributed by atoms with Crippen LogP contribution in [-0.2, 0) is 14.3 Å². The highest BCUT2D eigenvalue weighted by molar-refractivity contribution is 5.87. The summed E-state index contributed by atoms with van der Waals surface area (Å²) in [6, 6.07) is 4.64. The Morgan fingerprint density at radius 3 is 2.81 bits per heavy atom. The van der Waals surface area contributed by atoms with Crippen molar-refractivity contribution in [2.45, 2.75) is 50.6 Å². The number of carbonyl (C=O) groups is 2. The maximum absolute atomic E-state index is 12.2. The highest BCUT2D eigenvalue weighted by Crippen LogP contribution is 2.31. The summed E-state index contributed by atoms with van der Waals surface area (Å²) < 4.78 is 4.80. The van der Waals surface area contributed by atoms with Gasteiger partial charge in [0.1, 0.15) is 0 Å². The van der Waals surface area contributed by atoms with Crippen molar-refractivity contribution in [1.29, 1.82) is 0 Å². The summed E-state index contributed by atoms with van der Waals surface area (Å²) in [4.78, 5) is 30.4. The van der Waals surface area contributed by atoms with Crippen molar-refractivity contribution in [2.75, 3.05) is 20.2 Å². The first-order chi connectivity index (χ1) is 13.2. The summed E-state index contributed by atoms with van der Waals surface area (Å²) in [5.74, 6) is -0.194. The molecule has 146 valence electrons. The van der Waals surface area contributed by atoms with E-state index in [9.17, 15) is 9.59 Å². The van der Waals surface area contributed by atoms with Crippen LogP contribution < -0.4 is 5.32 Å². The Kier molecular flexibility index (Phi) is 6.98. The molecular weight excluding hydrogens is 342 g/mol. The molecule has 1 aromatic rings. The van der Waals surface area contributed by atoms with E-state index < -0.39 is 0 Å². The van der Waals surface area contributed by atoms with Crippen molar-refractivity contribution >= 4 is 11.9 Å². The standard InChI is InChI=1S/C21H29N3O3/c1-27-21(26)16-8-10-18(11-9-16)23-20(25)7-4-14-24-13-3-6-19(24)17-5-2-12-22-15-17/h2,4-5,7,12,15-16,18-19H,3,6,8-11,13-14H2,1H3,(H,23,25)/b7-4+/t16-,18-,19-/m0/s1. The summed E-state index contributed by atoms with van der Waals surface area (Å²) in [6.45, 7) is 1.81. The molecule has 2 heterocycles. The molecule has 1 aliphatic heterocycles. The molecule has 0 bridgehead atoms. The Labute approximate surface area is 161 Å². The minimum Gasteiger partial charge on any atom is -0.469 e. The molecule has 1 amide bonds. The topological polar surface area (TPSA) is 71.5 Å². The van der Waals surface area contributed by atoms with Crippen LogP contribution in [0.25, 0.3) is 0 Å². The van der Waals surface area contributed by atoms with Gasteiger partial charge in [0.25, 0.3) is 0 Å². The van der Waals surface area contributed by atoms with E-state index in [4.69, 9.17) is 4.74 Å². The molecule has 2 aliphatic rings. The van der Waals surface area contributed by atoms with Gasteiger partial charge in [-0.25, -0.2) is 0 Å².